The van der Waals surface area contributed by atoms with Gasteiger partial charge in [0.1, 0.15) is 0 Å². The summed E-state index contributed by atoms with van der Waals surface area (Å²) in [6.45, 7) is 4.88. The Morgan fingerprint density at radius 3 is 1.63 bits per heavy atom. The first kappa shape index (κ1) is 13.8. The zero-order chi connectivity index (χ0) is 13.5. The molecule has 2 heteroatoms. The van der Waals surface area contributed by atoms with E-state index in [2.05, 4.69) is 6.92 Å². The Morgan fingerprint density at radius 2 is 1.26 bits per heavy atom. The van der Waals surface area contributed by atoms with Gasteiger partial charge in [-0.05, 0) is 24.5 Å². The average Bonchev–Trinajstić information content (AvgIpc) is 2.48. The predicted octanol–water partition coefficient (Wildman–Crippen LogP) is 4.21. The van der Waals surface area contributed by atoms with Gasteiger partial charge in [0, 0.05) is 13.1 Å². The van der Waals surface area contributed by atoms with Gasteiger partial charge in [0.25, 0.3) is 0 Å². The predicted molar refractivity (Wildman–Crippen MR) is 77.0 cm³/mol. The molecule has 0 heterocycles. The molecule has 0 saturated heterocycles. The highest BCUT2D eigenvalue weighted by Crippen LogP contribution is 2.15. The molecular formula is C17H19FN. The van der Waals surface area contributed by atoms with E-state index in [1.165, 1.54) is 0 Å². The molecular weight excluding hydrogens is 237 g/mol. The topological polar surface area (TPSA) is 3.24 Å². The van der Waals surface area contributed by atoms with Crippen molar-refractivity contribution in [3.05, 3.63) is 78.7 Å². The number of halogens is 1. The van der Waals surface area contributed by atoms with Crippen LogP contribution in [0.15, 0.2) is 60.7 Å². The molecule has 0 bridgehead atoms. The Morgan fingerprint density at radius 1 is 0.842 bits per heavy atom. The summed E-state index contributed by atoms with van der Waals surface area (Å²) in [7, 11) is 0. The summed E-state index contributed by atoms with van der Waals surface area (Å²) in [6.07, 6.45) is -0.750. The Bertz CT molecular complexity index is 428. The van der Waals surface area contributed by atoms with Gasteiger partial charge >= 0.3 is 0 Å². The van der Waals surface area contributed by atoms with Gasteiger partial charge in [0.15, 0.2) is 6.30 Å². The van der Waals surface area contributed by atoms with Gasteiger partial charge in [-0.1, -0.05) is 60.7 Å². The Labute approximate surface area is 114 Å². The summed E-state index contributed by atoms with van der Waals surface area (Å²) in [5.41, 5.74) is 2.24. The minimum atomic E-state index is -1.01. The molecule has 2 rings (SSSR count). The van der Waals surface area contributed by atoms with E-state index in [0.717, 1.165) is 11.1 Å². The molecule has 0 aliphatic heterocycles. The summed E-state index contributed by atoms with van der Waals surface area (Å²) in [5.74, 6) is 0. The summed E-state index contributed by atoms with van der Waals surface area (Å²) in [5, 5.41) is 0. The van der Waals surface area contributed by atoms with Crippen molar-refractivity contribution >= 4 is 0 Å². The Kier molecular flexibility index (Phi) is 5.10. The summed E-state index contributed by atoms with van der Waals surface area (Å²) < 4.78 is 14.0. The highest BCUT2D eigenvalue weighted by molar-refractivity contribution is 5.17. The number of benzene rings is 2. The lowest BCUT2D eigenvalue weighted by Crippen LogP contribution is -2.30. The first-order valence-electron chi connectivity index (χ1n) is 6.55. The Hall–Kier alpha value is -1.67. The number of hydrogen-bond donors (Lipinski definition) is 0. The van der Waals surface area contributed by atoms with Crippen LogP contribution in [0, 0.1) is 6.92 Å². The van der Waals surface area contributed by atoms with Gasteiger partial charge in [-0.2, -0.15) is 0 Å². The fourth-order valence-corrected chi connectivity index (χ4v) is 2.07. The van der Waals surface area contributed by atoms with E-state index in [9.17, 15) is 4.39 Å². The van der Waals surface area contributed by atoms with E-state index >= 15 is 0 Å². The van der Waals surface area contributed by atoms with Gasteiger partial charge in [-0.3, -0.25) is 4.90 Å². The molecule has 0 aliphatic carbocycles. The standard InChI is InChI=1S/C17H19FN/c1-2-17(18)19(13-15-9-5-3-6-10-15)14-16-11-7-4-8-12-16/h3-12,17H,1-2,13-14H2. The normalized spacial score (nSPS) is 12.6. The maximum absolute atomic E-state index is 14.0. The van der Waals surface area contributed by atoms with Crippen molar-refractivity contribution in [2.75, 3.05) is 0 Å². The van der Waals surface area contributed by atoms with Gasteiger partial charge in [-0.25, -0.2) is 4.39 Å². The van der Waals surface area contributed by atoms with Gasteiger partial charge in [0.05, 0.1) is 0 Å². The van der Waals surface area contributed by atoms with E-state index in [0.29, 0.717) is 13.1 Å². The van der Waals surface area contributed by atoms with Crippen LogP contribution >= 0.6 is 0 Å². The average molecular weight is 256 g/mol. The molecule has 0 N–H and O–H groups in total. The van der Waals surface area contributed by atoms with E-state index in [-0.39, 0.29) is 6.42 Å². The van der Waals surface area contributed by atoms with Crippen LogP contribution in [0.2, 0.25) is 0 Å². The fraction of sp³-hybridized carbons (Fsp3) is 0.235. The largest absolute Gasteiger partial charge is 0.265 e. The van der Waals surface area contributed by atoms with Gasteiger partial charge in [-0.15, -0.1) is 0 Å². The second-order valence-electron chi connectivity index (χ2n) is 4.60. The summed E-state index contributed by atoms with van der Waals surface area (Å²) in [6, 6.07) is 19.9. The van der Waals surface area contributed by atoms with Crippen LogP contribution in [0.5, 0.6) is 0 Å². The maximum Gasteiger partial charge on any atom is 0.154 e. The molecule has 2 aromatic carbocycles. The molecule has 99 valence electrons. The molecule has 0 spiro atoms. The van der Waals surface area contributed by atoms with Crippen LogP contribution in [-0.4, -0.2) is 11.2 Å². The lowest BCUT2D eigenvalue weighted by molar-refractivity contribution is 0.0689. The molecule has 0 aliphatic rings. The SMILES string of the molecule is [CH2]CC(F)N(Cc1ccccc1)Cc1ccccc1. The molecule has 1 unspecified atom stereocenters. The number of hydrogen-bond acceptors (Lipinski definition) is 1. The molecule has 1 atom stereocenters. The van der Waals surface area contributed by atoms with E-state index in [1.807, 2.05) is 65.6 Å². The zero-order valence-corrected chi connectivity index (χ0v) is 11.0. The van der Waals surface area contributed by atoms with Crippen molar-refractivity contribution in [2.45, 2.75) is 25.8 Å². The molecule has 1 radical (unpaired) electrons. The van der Waals surface area contributed by atoms with Crippen molar-refractivity contribution < 1.29 is 4.39 Å². The minimum Gasteiger partial charge on any atom is -0.265 e. The van der Waals surface area contributed by atoms with Crippen molar-refractivity contribution in [1.82, 2.24) is 4.90 Å². The quantitative estimate of drug-likeness (QED) is 0.700. The second kappa shape index (κ2) is 7.05. The molecule has 1 nitrogen and oxygen atoms in total. The highest BCUT2D eigenvalue weighted by atomic mass is 19.1. The molecule has 0 saturated carbocycles. The van der Waals surface area contributed by atoms with E-state index in [1.54, 1.807) is 0 Å². The smallest absolute Gasteiger partial charge is 0.154 e. The first-order chi connectivity index (χ1) is 9.29. The minimum absolute atomic E-state index is 0.264. The maximum atomic E-state index is 14.0. The van der Waals surface area contributed by atoms with Crippen molar-refractivity contribution in [2.24, 2.45) is 0 Å². The van der Waals surface area contributed by atoms with Gasteiger partial charge < -0.3 is 0 Å². The lowest BCUT2D eigenvalue weighted by atomic mass is 10.1. The lowest BCUT2D eigenvalue weighted by Gasteiger charge is -2.25. The van der Waals surface area contributed by atoms with Crippen LogP contribution < -0.4 is 0 Å². The monoisotopic (exact) mass is 256 g/mol. The third kappa shape index (κ3) is 4.18. The molecule has 0 fully saturated rings. The van der Waals surface area contributed by atoms with Crippen LogP contribution in [0.1, 0.15) is 17.5 Å². The van der Waals surface area contributed by atoms with Crippen LogP contribution in [0.4, 0.5) is 4.39 Å². The summed E-state index contributed by atoms with van der Waals surface area (Å²) in [4.78, 5) is 1.82. The van der Waals surface area contributed by atoms with E-state index in [4.69, 9.17) is 0 Å². The van der Waals surface area contributed by atoms with Crippen LogP contribution in [0.25, 0.3) is 0 Å². The molecule has 2 aromatic rings. The Balaban J connectivity index is 2.08. The van der Waals surface area contributed by atoms with Crippen molar-refractivity contribution in [1.29, 1.82) is 0 Å². The van der Waals surface area contributed by atoms with E-state index < -0.39 is 6.30 Å². The summed E-state index contributed by atoms with van der Waals surface area (Å²) >= 11 is 0. The van der Waals surface area contributed by atoms with Crippen molar-refractivity contribution in [3.8, 4) is 0 Å². The molecule has 0 amide bonds. The highest BCUT2D eigenvalue weighted by Gasteiger charge is 2.16. The second-order valence-corrected chi connectivity index (χ2v) is 4.60. The number of alkyl halides is 1. The third-order valence-electron chi connectivity index (χ3n) is 3.09. The third-order valence-corrected chi connectivity index (χ3v) is 3.09. The molecule has 0 aromatic heterocycles. The van der Waals surface area contributed by atoms with Crippen LogP contribution in [-0.2, 0) is 13.1 Å². The zero-order valence-electron chi connectivity index (χ0n) is 11.0. The number of rotatable bonds is 6. The number of nitrogens with zero attached hydrogens (tertiary/aromatic N) is 1. The first-order valence-corrected chi connectivity index (χ1v) is 6.55. The molecule has 19 heavy (non-hydrogen) atoms. The van der Waals surface area contributed by atoms with Crippen LogP contribution in [0.3, 0.4) is 0 Å². The fourth-order valence-electron chi connectivity index (χ4n) is 2.07. The van der Waals surface area contributed by atoms with Gasteiger partial charge in [0.2, 0.25) is 0 Å². The van der Waals surface area contributed by atoms with Crippen molar-refractivity contribution in [3.63, 3.8) is 0 Å².